The predicted octanol–water partition coefficient (Wildman–Crippen LogP) is 2.59. The molecule has 0 unspecified atom stereocenters. The van der Waals surface area contributed by atoms with Gasteiger partial charge in [-0.05, 0) is 31.0 Å². The van der Waals surface area contributed by atoms with E-state index < -0.39 is 11.5 Å². The second-order valence-electron chi connectivity index (χ2n) is 6.68. The van der Waals surface area contributed by atoms with Gasteiger partial charge in [0.15, 0.2) is 6.61 Å². The second kappa shape index (κ2) is 8.02. The molecule has 1 aliphatic rings. The third kappa shape index (κ3) is 4.30. The van der Waals surface area contributed by atoms with Gasteiger partial charge in [0, 0.05) is 26.8 Å². The number of anilines is 1. The molecular formula is C19H25N3O3. The fourth-order valence-electron chi connectivity index (χ4n) is 3.12. The van der Waals surface area contributed by atoms with Crippen LogP contribution in [0.3, 0.4) is 0 Å². The number of carbonyl (C=O) groups excluding carboxylic acids is 2. The van der Waals surface area contributed by atoms with Gasteiger partial charge < -0.3 is 14.5 Å². The number of hydrogen-bond acceptors (Lipinski definition) is 5. The summed E-state index contributed by atoms with van der Waals surface area (Å²) in [6.45, 7) is -0.356. The number of likely N-dealkylation sites (N-methyl/N-ethyl adjacent to an activating group) is 1. The Morgan fingerprint density at radius 2 is 1.88 bits per heavy atom. The molecule has 1 aromatic rings. The van der Waals surface area contributed by atoms with E-state index in [2.05, 4.69) is 6.07 Å². The van der Waals surface area contributed by atoms with Crippen molar-refractivity contribution in [3.63, 3.8) is 0 Å². The lowest BCUT2D eigenvalue weighted by atomic mass is 9.81. The monoisotopic (exact) mass is 343 g/mol. The molecular weight excluding hydrogens is 318 g/mol. The van der Waals surface area contributed by atoms with Crippen molar-refractivity contribution in [2.45, 2.75) is 37.6 Å². The molecule has 2 rings (SSSR count). The number of benzene rings is 1. The largest absolute Gasteiger partial charge is 0.452 e. The summed E-state index contributed by atoms with van der Waals surface area (Å²) in [4.78, 5) is 27.9. The Morgan fingerprint density at radius 1 is 1.20 bits per heavy atom. The number of nitriles is 1. The summed E-state index contributed by atoms with van der Waals surface area (Å²) in [5.74, 6) is -0.888. The van der Waals surface area contributed by atoms with Crippen LogP contribution in [0.2, 0.25) is 0 Å². The van der Waals surface area contributed by atoms with Crippen LogP contribution < -0.4 is 4.90 Å². The van der Waals surface area contributed by atoms with E-state index in [9.17, 15) is 14.9 Å². The van der Waals surface area contributed by atoms with E-state index in [1.165, 1.54) is 4.90 Å². The summed E-state index contributed by atoms with van der Waals surface area (Å²) in [7, 11) is 5.39. The lowest BCUT2D eigenvalue weighted by Crippen LogP contribution is -2.51. The number of nitrogens with zero attached hydrogens (tertiary/aromatic N) is 3. The van der Waals surface area contributed by atoms with E-state index in [0.29, 0.717) is 18.4 Å². The quantitative estimate of drug-likeness (QED) is 0.768. The van der Waals surface area contributed by atoms with Crippen LogP contribution in [0, 0.1) is 11.3 Å². The highest BCUT2D eigenvalue weighted by Crippen LogP contribution is 2.32. The minimum atomic E-state index is -0.771. The first-order valence-electron chi connectivity index (χ1n) is 8.52. The van der Waals surface area contributed by atoms with E-state index in [1.54, 1.807) is 25.2 Å². The lowest BCUT2D eigenvalue weighted by molar-refractivity contribution is -0.138. The first kappa shape index (κ1) is 18.8. The van der Waals surface area contributed by atoms with Crippen molar-refractivity contribution in [1.82, 2.24) is 4.90 Å². The summed E-state index contributed by atoms with van der Waals surface area (Å²) in [5.41, 5.74) is 0.505. The van der Waals surface area contributed by atoms with Gasteiger partial charge in [0.2, 0.25) is 0 Å². The van der Waals surface area contributed by atoms with Crippen molar-refractivity contribution in [2.75, 3.05) is 32.6 Å². The third-order valence-corrected chi connectivity index (χ3v) is 4.83. The molecule has 0 atom stereocenters. The minimum Gasteiger partial charge on any atom is -0.452 e. The van der Waals surface area contributed by atoms with Crippen LogP contribution in [0.4, 0.5) is 5.69 Å². The molecule has 1 saturated carbocycles. The fourth-order valence-corrected chi connectivity index (χ4v) is 3.12. The van der Waals surface area contributed by atoms with Gasteiger partial charge in [0.05, 0.1) is 11.6 Å². The summed E-state index contributed by atoms with van der Waals surface area (Å²) < 4.78 is 5.17. The van der Waals surface area contributed by atoms with Gasteiger partial charge in [-0.25, -0.2) is 4.79 Å². The average molecular weight is 343 g/mol. The highest BCUT2D eigenvalue weighted by molar-refractivity contribution is 5.92. The Kier molecular flexibility index (Phi) is 6.02. The zero-order chi connectivity index (χ0) is 18.4. The van der Waals surface area contributed by atoms with Crippen LogP contribution in [0.15, 0.2) is 24.3 Å². The van der Waals surface area contributed by atoms with Crippen molar-refractivity contribution in [1.29, 1.82) is 5.26 Å². The van der Waals surface area contributed by atoms with E-state index >= 15 is 0 Å². The standard InChI is InChI=1S/C19H25N3O3/c1-21(2)16-9-7-8-15(12-16)18(24)25-13-17(23)22(3)19(14-20)10-5-4-6-11-19/h7-9,12H,4-6,10-11,13H2,1-3H3. The van der Waals surface area contributed by atoms with Crippen LogP contribution in [0.5, 0.6) is 0 Å². The average Bonchev–Trinajstić information content (AvgIpc) is 2.65. The molecule has 0 N–H and O–H groups in total. The second-order valence-corrected chi connectivity index (χ2v) is 6.68. The highest BCUT2D eigenvalue weighted by atomic mass is 16.5. The summed E-state index contributed by atoms with van der Waals surface area (Å²) in [6.07, 6.45) is 4.29. The molecule has 1 amide bonds. The lowest BCUT2D eigenvalue weighted by Gasteiger charge is -2.38. The van der Waals surface area contributed by atoms with Gasteiger partial charge in [-0.1, -0.05) is 25.3 Å². The van der Waals surface area contributed by atoms with Crippen LogP contribution >= 0.6 is 0 Å². The summed E-state index contributed by atoms with van der Waals surface area (Å²) >= 11 is 0. The summed E-state index contributed by atoms with van der Waals surface area (Å²) in [6, 6.07) is 9.32. The molecule has 0 aromatic heterocycles. The molecule has 0 radical (unpaired) electrons. The van der Waals surface area contributed by atoms with E-state index in [0.717, 1.165) is 24.9 Å². The third-order valence-electron chi connectivity index (χ3n) is 4.83. The Bertz CT molecular complexity index is 673. The maximum atomic E-state index is 12.4. The molecule has 134 valence electrons. The molecule has 25 heavy (non-hydrogen) atoms. The van der Waals surface area contributed by atoms with Gasteiger partial charge in [0.25, 0.3) is 5.91 Å². The van der Waals surface area contributed by atoms with Gasteiger partial charge in [-0.2, -0.15) is 5.26 Å². The number of carbonyl (C=O) groups is 2. The van der Waals surface area contributed by atoms with Crippen LogP contribution in [0.1, 0.15) is 42.5 Å². The highest BCUT2D eigenvalue weighted by Gasteiger charge is 2.39. The Balaban J connectivity index is 1.98. The van der Waals surface area contributed by atoms with E-state index in [-0.39, 0.29) is 12.5 Å². The number of esters is 1. The molecule has 6 heteroatoms. The van der Waals surface area contributed by atoms with Crippen molar-refractivity contribution in [3.8, 4) is 6.07 Å². The van der Waals surface area contributed by atoms with Crippen molar-refractivity contribution in [2.24, 2.45) is 0 Å². The Hall–Kier alpha value is -2.55. The molecule has 1 aliphatic carbocycles. The SMILES string of the molecule is CN(C)c1cccc(C(=O)OCC(=O)N(C)C2(C#N)CCCCC2)c1. The molecule has 0 bridgehead atoms. The van der Waals surface area contributed by atoms with Gasteiger partial charge >= 0.3 is 5.97 Å². The van der Waals surface area contributed by atoms with Gasteiger partial charge in [-0.15, -0.1) is 0 Å². The molecule has 0 spiro atoms. The minimum absolute atomic E-state index is 0.347. The Morgan fingerprint density at radius 3 is 2.48 bits per heavy atom. The topological polar surface area (TPSA) is 73.6 Å². The molecule has 6 nitrogen and oxygen atoms in total. The Labute approximate surface area is 149 Å². The molecule has 0 aliphatic heterocycles. The van der Waals surface area contributed by atoms with Crippen LogP contribution in [-0.2, 0) is 9.53 Å². The molecule has 0 heterocycles. The smallest absolute Gasteiger partial charge is 0.338 e. The van der Waals surface area contributed by atoms with Crippen LogP contribution in [-0.4, -0.2) is 50.1 Å². The zero-order valence-corrected chi connectivity index (χ0v) is 15.1. The van der Waals surface area contributed by atoms with Crippen molar-refractivity contribution < 1.29 is 14.3 Å². The van der Waals surface area contributed by atoms with Gasteiger partial charge in [0.1, 0.15) is 5.54 Å². The van der Waals surface area contributed by atoms with Gasteiger partial charge in [-0.3, -0.25) is 4.79 Å². The zero-order valence-electron chi connectivity index (χ0n) is 15.1. The fraction of sp³-hybridized carbons (Fsp3) is 0.526. The first-order valence-corrected chi connectivity index (χ1v) is 8.52. The van der Waals surface area contributed by atoms with Crippen molar-refractivity contribution >= 4 is 17.6 Å². The van der Waals surface area contributed by atoms with Crippen LogP contribution in [0.25, 0.3) is 0 Å². The maximum Gasteiger partial charge on any atom is 0.338 e. The summed E-state index contributed by atoms with van der Waals surface area (Å²) in [5, 5.41) is 9.54. The van der Waals surface area contributed by atoms with E-state index in [4.69, 9.17) is 4.74 Å². The molecule has 0 saturated heterocycles. The normalized spacial score (nSPS) is 15.8. The van der Waals surface area contributed by atoms with E-state index in [1.807, 2.05) is 25.1 Å². The molecule has 1 fully saturated rings. The van der Waals surface area contributed by atoms with Crippen molar-refractivity contribution in [3.05, 3.63) is 29.8 Å². The number of ether oxygens (including phenoxy) is 1. The maximum absolute atomic E-state index is 12.4. The number of hydrogen-bond donors (Lipinski definition) is 0. The number of amides is 1. The molecule has 1 aromatic carbocycles. The predicted molar refractivity (Wildman–Crippen MR) is 95.3 cm³/mol. The number of rotatable bonds is 5. The first-order chi connectivity index (χ1) is 11.9.